The minimum Gasteiger partial charge on any atom is -0.598 e. The molecule has 0 radical (unpaired) electrons. The maximum Gasteiger partial charge on any atom is 0.167 e. The van der Waals surface area contributed by atoms with Crippen LogP contribution in [-0.4, -0.2) is 27.5 Å². The van der Waals surface area contributed by atoms with Gasteiger partial charge in [-0.2, -0.15) is 0 Å². The number of nitrogens with zero attached hydrogens (tertiary/aromatic N) is 2. The van der Waals surface area contributed by atoms with E-state index in [-0.39, 0.29) is 12.2 Å². The zero-order valence-electron chi connectivity index (χ0n) is 21.4. The summed E-state index contributed by atoms with van der Waals surface area (Å²) in [5.74, 6) is -0.282. The Hall–Kier alpha value is -2.04. The van der Waals surface area contributed by atoms with Crippen molar-refractivity contribution in [2.75, 3.05) is 0 Å². The summed E-state index contributed by atoms with van der Waals surface area (Å²) in [5, 5.41) is 5.95. The third-order valence-electron chi connectivity index (χ3n) is 5.97. The smallest absolute Gasteiger partial charge is 0.167 e. The summed E-state index contributed by atoms with van der Waals surface area (Å²) in [4.78, 5) is 4.51. The molecule has 9 heteroatoms. The fraction of sp³-hybridized carbons (Fsp3) is 0.333. The molecule has 190 valence electrons. The van der Waals surface area contributed by atoms with Crippen molar-refractivity contribution in [1.82, 2.24) is 14.9 Å². The molecule has 0 aliphatic rings. The Morgan fingerprint density at radius 1 is 1.11 bits per heavy atom. The highest BCUT2D eigenvalue weighted by Crippen LogP contribution is 2.35. The minimum atomic E-state index is -1.97. The number of hydrogen-bond donors (Lipinski definition) is 1. The summed E-state index contributed by atoms with van der Waals surface area (Å²) in [6.45, 7) is 12.0. The molecular formula is C27H31BrFN3O2SSi. The van der Waals surface area contributed by atoms with Crippen molar-refractivity contribution in [3.63, 3.8) is 0 Å². The predicted octanol–water partition coefficient (Wildman–Crippen LogP) is 6.67. The summed E-state index contributed by atoms with van der Waals surface area (Å²) in [6.07, 6.45) is 0.220. The fourth-order valence-corrected chi connectivity index (χ4v) is 6.89. The van der Waals surface area contributed by atoms with Gasteiger partial charge in [0, 0.05) is 28.7 Å². The first-order chi connectivity index (χ1) is 16.9. The molecule has 4 rings (SSSR count). The molecule has 0 saturated heterocycles. The number of fused-ring (bicyclic) bond motifs is 1. The van der Waals surface area contributed by atoms with Crippen LogP contribution in [0.4, 0.5) is 4.39 Å². The van der Waals surface area contributed by atoms with Crippen LogP contribution in [0.3, 0.4) is 0 Å². The van der Waals surface area contributed by atoms with Gasteiger partial charge in [0.15, 0.2) is 5.58 Å². The highest BCUT2D eigenvalue weighted by molar-refractivity contribution is 9.10. The molecule has 0 fully saturated rings. The maximum absolute atomic E-state index is 15.8. The quantitative estimate of drug-likeness (QED) is 0.148. The van der Waals surface area contributed by atoms with Crippen LogP contribution in [0.5, 0.6) is 0 Å². The van der Waals surface area contributed by atoms with Crippen molar-refractivity contribution >= 4 is 51.5 Å². The molecule has 4 aromatic rings. The van der Waals surface area contributed by atoms with Crippen LogP contribution in [0.1, 0.15) is 38.1 Å². The number of rotatable bonds is 7. The summed E-state index contributed by atoms with van der Waals surface area (Å²) in [5.41, 5.74) is 3.41. The Kier molecular flexibility index (Phi) is 7.78. The third-order valence-corrected chi connectivity index (χ3v) is 9.97. The molecule has 0 spiro atoms. The number of para-hydroxylation sites is 1. The molecule has 0 amide bonds. The number of halogens is 2. The van der Waals surface area contributed by atoms with Crippen LogP contribution in [0.25, 0.3) is 22.2 Å². The normalized spacial score (nSPS) is 14.2. The van der Waals surface area contributed by atoms with Crippen molar-refractivity contribution in [1.29, 1.82) is 0 Å². The maximum atomic E-state index is 15.8. The summed E-state index contributed by atoms with van der Waals surface area (Å²) in [6, 6.07) is 16.8. The zero-order valence-corrected chi connectivity index (χ0v) is 24.8. The molecule has 2 aromatic heterocycles. The lowest BCUT2D eigenvalue weighted by atomic mass is 9.94. The highest BCUT2D eigenvalue weighted by atomic mass is 79.9. The zero-order chi connectivity index (χ0) is 26.3. The molecule has 0 unspecified atom stereocenters. The van der Waals surface area contributed by atoms with Gasteiger partial charge >= 0.3 is 0 Å². The molecule has 0 aliphatic carbocycles. The van der Waals surface area contributed by atoms with Gasteiger partial charge in [0.2, 0.25) is 0 Å². The summed E-state index contributed by atoms with van der Waals surface area (Å²) >= 11 is 2.08. The molecule has 2 heterocycles. The number of pyridine rings is 1. The number of aromatic nitrogens is 2. The van der Waals surface area contributed by atoms with E-state index < -0.39 is 30.2 Å². The molecule has 5 nitrogen and oxygen atoms in total. The van der Waals surface area contributed by atoms with Gasteiger partial charge in [-0.1, -0.05) is 61.2 Å². The monoisotopic (exact) mass is 587 g/mol. The van der Waals surface area contributed by atoms with Gasteiger partial charge in [0.1, 0.15) is 20.9 Å². The van der Waals surface area contributed by atoms with E-state index in [0.29, 0.717) is 26.8 Å². The molecule has 2 atom stereocenters. The Morgan fingerprint density at radius 2 is 1.78 bits per heavy atom. The molecule has 0 saturated carbocycles. The Bertz CT molecular complexity index is 1380. The van der Waals surface area contributed by atoms with Gasteiger partial charge in [-0.15, -0.1) is 4.72 Å². The van der Waals surface area contributed by atoms with Crippen LogP contribution >= 0.6 is 15.9 Å². The largest absolute Gasteiger partial charge is 0.598 e. The number of benzene rings is 2. The van der Waals surface area contributed by atoms with E-state index in [1.54, 1.807) is 6.07 Å². The SMILES string of the molecule is CC(C)(C)[S@+]([O-])N[C@@H](Cc1nc(Br)cc([Si](C)(C)C)c1F)c1ccccc1-c1noc2ccccc12. The van der Waals surface area contributed by atoms with Gasteiger partial charge in [-0.05, 0) is 65.7 Å². The lowest BCUT2D eigenvalue weighted by Gasteiger charge is -2.29. The molecular weight excluding hydrogens is 557 g/mol. The van der Waals surface area contributed by atoms with Crippen molar-refractivity contribution in [3.05, 3.63) is 76.3 Å². The minimum absolute atomic E-state index is 0.220. The van der Waals surface area contributed by atoms with Gasteiger partial charge in [0.05, 0.1) is 19.8 Å². The summed E-state index contributed by atoms with van der Waals surface area (Å²) < 4.78 is 38.0. The molecule has 36 heavy (non-hydrogen) atoms. The highest BCUT2D eigenvalue weighted by Gasteiger charge is 2.33. The van der Waals surface area contributed by atoms with E-state index >= 15 is 4.39 Å². The van der Waals surface area contributed by atoms with Gasteiger partial charge in [0.25, 0.3) is 0 Å². The van der Waals surface area contributed by atoms with Crippen LogP contribution in [0.15, 0.2) is 63.7 Å². The van der Waals surface area contributed by atoms with Crippen LogP contribution in [0, 0.1) is 5.82 Å². The molecule has 1 N–H and O–H groups in total. The van der Waals surface area contributed by atoms with Crippen LogP contribution < -0.4 is 9.91 Å². The number of nitrogens with one attached hydrogen (secondary N) is 1. The average Bonchev–Trinajstić information content (AvgIpc) is 3.23. The summed E-state index contributed by atoms with van der Waals surface area (Å²) in [7, 11) is -1.97. The van der Waals surface area contributed by atoms with E-state index in [0.717, 1.165) is 16.5 Å². The van der Waals surface area contributed by atoms with Crippen molar-refractivity contribution in [3.8, 4) is 11.3 Å². The Morgan fingerprint density at radius 3 is 2.47 bits per heavy atom. The van der Waals surface area contributed by atoms with E-state index in [1.165, 1.54) is 0 Å². The van der Waals surface area contributed by atoms with E-state index in [4.69, 9.17) is 4.52 Å². The Labute approximate surface area is 224 Å². The third kappa shape index (κ3) is 5.75. The lowest BCUT2D eigenvalue weighted by Crippen LogP contribution is -2.43. The second-order valence-electron chi connectivity index (χ2n) is 10.9. The van der Waals surface area contributed by atoms with E-state index in [1.807, 2.05) is 69.3 Å². The lowest BCUT2D eigenvalue weighted by molar-refractivity contribution is 0.459. The van der Waals surface area contributed by atoms with Crippen LogP contribution in [-0.2, 0) is 17.8 Å². The van der Waals surface area contributed by atoms with Gasteiger partial charge < -0.3 is 9.08 Å². The van der Waals surface area contributed by atoms with Gasteiger partial charge in [-0.3, -0.25) is 0 Å². The second kappa shape index (κ2) is 10.4. The topological polar surface area (TPSA) is 74.0 Å². The molecule has 2 aromatic carbocycles. The van der Waals surface area contributed by atoms with Crippen molar-refractivity contribution in [2.45, 2.75) is 57.6 Å². The standard InChI is InChI=1S/C27H31BrFN3O2SSi/c1-27(2,3)35(33)32-20(15-21-25(29)23(36(4,5)6)16-24(28)30-21)17-11-7-8-12-18(17)26-19-13-9-10-14-22(19)34-31-26/h7-14,16,20,32H,15H2,1-6H3/t20-,35-/m0/s1. The average molecular weight is 589 g/mol. The Balaban J connectivity index is 1.85. The first-order valence-electron chi connectivity index (χ1n) is 11.8. The second-order valence-corrected chi connectivity index (χ2v) is 18.7. The van der Waals surface area contributed by atoms with E-state index in [9.17, 15) is 4.55 Å². The van der Waals surface area contributed by atoms with E-state index in [2.05, 4.69) is 50.4 Å². The van der Waals surface area contributed by atoms with Gasteiger partial charge in [-0.25, -0.2) is 9.37 Å². The van der Waals surface area contributed by atoms with Crippen molar-refractivity contribution < 1.29 is 13.5 Å². The predicted molar refractivity (Wildman–Crippen MR) is 152 cm³/mol. The van der Waals surface area contributed by atoms with Crippen molar-refractivity contribution in [2.24, 2.45) is 0 Å². The number of hydrogen-bond acceptors (Lipinski definition) is 5. The fourth-order valence-electron chi connectivity index (χ4n) is 4.04. The van der Waals surface area contributed by atoms with Crippen LogP contribution in [0.2, 0.25) is 19.6 Å². The first kappa shape index (κ1) is 27.0. The molecule has 0 bridgehead atoms. The first-order valence-corrected chi connectivity index (χ1v) is 17.3. The molecule has 0 aliphatic heterocycles.